The zero-order chi connectivity index (χ0) is 16.9. The first-order valence-corrected chi connectivity index (χ1v) is 7.44. The minimum atomic E-state index is -0.764. The van der Waals surface area contributed by atoms with Crippen LogP contribution in [-0.2, 0) is 6.42 Å². The van der Waals surface area contributed by atoms with E-state index in [2.05, 4.69) is 16.3 Å². The first-order chi connectivity index (χ1) is 11.7. The molecule has 0 spiro atoms. The van der Waals surface area contributed by atoms with Crippen LogP contribution in [0.5, 0.6) is 0 Å². The average Bonchev–Trinajstić information content (AvgIpc) is 3.12. The van der Waals surface area contributed by atoms with Gasteiger partial charge in [-0.15, -0.1) is 10.2 Å². The first kappa shape index (κ1) is 15.8. The zero-order valence-electron chi connectivity index (χ0n) is 12.7. The van der Waals surface area contributed by atoms with Gasteiger partial charge in [-0.3, -0.25) is 0 Å². The average molecular weight is 322 g/mol. The highest BCUT2D eigenvalue weighted by Gasteiger charge is 2.23. The largest absolute Gasteiger partial charge is 0.390 e. The number of benzene rings is 2. The quantitative estimate of drug-likeness (QED) is 0.783. The van der Waals surface area contributed by atoms with Crippen molar-refractivity contribution in [2.75, 3.05) is 0 Å². The molecule has 1 N–H and O–H groups in total. The van der Waals surface area contributed by atoms with E-state index < -0.39 is 12.1 Å². The number of aliphatic hydroxyl groups excluding tert-OH is 1. The Labute approximate surface area is 138 Å². The Morgan fingerprint density at radius 2 is 1.67 bits per heavy atom. The molecule has 1 heterocycles. The molecule has 0 fully saturated rings. The number of nitriles is 1. The smallest absolute Gasteiger partial charge is 0.123 e. The molecule has 0 saturated heterocycles. The van der Waals surface area contributed by atoms with Gasteiger partial charge in [-0.25, -0.2) is 4.39 Å². The van der Waals surface area contributed by atoms with Gasteiger partial charge in [-0.2, -0.15) is 5.26 Å². The number of aromatic nitrogens is 3. The lowest BCUT2D eigenvalue weighted by atomic mass is 9.95. The monoisotopic (exact) mass is 322 g/mol. The van der Waals surface area contributed by atoms with E-state index in [4.69, 9.17) is 5.26 Å². The fraction of sp³-hybridized carbons (Fsp3) is 0.167. The maximum atomic E-state index is 13.0. The molecule has 2 atom stereocenters. The number of rotatable bonds is 5. The predicted octanol–water partition coefficient (Wildman–Crippen LogP) is 2.48. The fourth-order valence-corrected chi connectivity index (χ4v) is 2.67. The van der Waals surface area contributed by atoms with E-state index in [9.17, 15) is 9.50 Å². The summed E-state index contributed by atoms with van der Waals surface area (Å²) in [5.74, 6) is -0.310. The minimum Gasteiger partial charge on any atom is -0.390 e. The van der Waals surface area contributed by atoms with Gasteiger partial charge in [-0.1, -0.05) is 24.3 Å². The van der Waals surface area contributed by atoms with Crippen molar-refractivity contribution in [2.24, 2.45) is 0 Å². The van der Waals surface area contributed by atoms with Crippen molar-refractivity contribution in [1.82, 2.24) is 14.8 Å². The summed E-state index contributed by atoms with van der Waals surface area (Å²) in [6.07, 6.45) is 2.66. The standard InChI is InChI=1S/C18H15FN4O/c19-16-7-3-13(4-8-16)9-17(24)18(23-11-21-22-12-23)15-5-1-14(10-20)2-6-15/h1-8,11-12,17-18,24H,9H2. The highest BCUT2D eigenvalue weighted by molar-refractivity contribution is 5.34. The zero-order valence-corrected chi connectivity index (χ0v) is 12.7. The summed E-state index contributed by atoms with van der Waals surface area (Å²) in [5, 5.41) is 27.3. The van der Waals surface area contributed by atoms with E-state index >= 15 is 0 Å². The van der Waals surface area contributed by atoms with Crippen LogP contribution in [-0.4, -0.2) is 26.0 Å². The van der Waals surface area contributed by atoms with Gasteiger partial charge in [0.2, 0.25) is 0 Å². The van der Waals surface area contributed by atoms with E-state index in [1.54, 1.807) is 41.0 Å². The van der Waals surface area contributed by atoms with Gasteiger partial charge in [0.15, 0.2) is 0 Å². The third-order valence-corrected chi connectivity index (χ3v) is 3.86. The van der Waals surface area contributed by atoms with Crippen LogP contribution >= 0.6 is 0 Å². The molecule has 6 heteroatoms. The lowest BCUT2D eigenvalue weighted by molar-refractivity contribution is 0.130. The molecule has 1 aromatic heterocycles. The SMILES string of the molecule is N#Cc1ccc(C(C(O)Cc2ccc(F)cc2)n2cnnc2)cc1. The van der Waals surface area contributed by atoms with Crippen LogP contribution in [0.1, 0.15) is 22.7 Å². The van der Waals surface area contributed by atoms with Crippen LogP contribution in [0.25, 0.3) is 0 Å². The van der Waals surface area contributed by atoms with Crippen LogP contribution in [0.3, 0.4) is 0 Å². The number of aliphatic hydroxyl groups is 1. The van der Waals surface area contributed by atoms with Gasteiger partial charge < -0.3 is 9.67 Å². The maximum Gasteiger partial charge on any atom is 0.123 e. The summed E-state index contributed by atoms with van der Waals surface area (Å²) >= 11 is 0. The van der Waals surface area contributed by atoms with Crippen molar-refractivity contribution >= 4 is 0 Å². The molecule has 120 valence electrons. The van der Waals surface area contributed by atoms with Crippen molar-refractivity contribution < 1.29 is 9.50 Å². The fourth-order valence-electron chi connectivity index (χ4n) is 2.67. The highest BCUT2D eigenvalue weighted by Crippen LogP contribution is 2.24. The molecular weight excluding hydrogens is 307 g/mol. The topological polar surface area (TPSA) is 74.7 Å². The summed E-state index contributed by atoms with van der Waals surface area (Å²) in [5.41, 5.74) is 2.22. The van der Waals surface area contributed by atoms with Gasteiger partial charge >= 0.3 is 0 Å². The van der Waals surface area contributed by atoms with E-state index in [0.29, 0.717) is 12.0 Å². The Balaban J connectivity index is 1.89. The third-order valence-electron chi connectivity index (χ3n) is 3.86. The molecule has 0 aliphatic rings. The van der Waals surface area contributed by atoms with Gasteiger partial charge in [0, 0.05) is 6.42 Å². The summed E-state index contributed by atoms with van der Waals surface area (Å²) in [6, 6.07) is 14.7. The summed E-state index contributed by atoms with van der Waals surface area (Å²) in [6.45, 7) is 0. The normalized spacial score (nSPS) is 13.2. The number of nitrogens with zero attached hydrogens (tertiary/aromatic N) is 4. The molecule has 0 aliphatic heterocycles. The van der Waals surface area contributed by atoms with Gasteiger partial charge in [0.25, 0.3) is 0 Å². The van der Waals surface area contributed by atoms with Crippen LogP contribution < -0.4 is 0 Å². The van der Waals surface area contributed by atoms with E-state index in [1.807, 2.05) is 0 Å². The van der Waals surface area contributed by atoms with Crippen molar-refractivity contribution in [3.8, 4) is 6.07 Å². The van der Waals surface area contributed by atoms with Gasteiger partial charge in [-0.05, 0) is 35.4 Å². The van der Waals surface area contributed by atoms with E-state index in [1.165, 1.54) is 24.8 Å². The van der Waals surface area contributed by atoms with Crippen LogP contribution in [0.2, 0.25) is 0 Å². The predicted molar refractivity (Wildman–Crippen MR) is 85.4 cm³/mol. The molecule has 0 aliphatic carbocycles. The second-order valence-electron chi connectivity index (χ2n) is 5.49. The molecule has 2 unspecified atom stereocenters. The molecular formula is C18H15FN4O. The molecule has 3 aromatic rings. The van der Waals surface area contributed by atoms with Crippen molar-refractivity contribution in [1.29, 1.82) is 5.26 Å². The molecule has 0 saturated carbocycles. The summed E-state index contributed by atoms with van der Waals surface area (Å²) in [4.78, 5) is 0. The Morgan fingerprint density at radius 3 is 2.25 bits per heavy atom. The van der Waals surface area contributed by atoms with E-state index in [0.717, 1.165) is 11.1 Å². The van der Waals surface area contributed by atoms with Crippen LogP contribution in [0.4, 0.5) is 4.39 Å². The Bertz CT molecular complexity index is 823. The van der Waals surface area contributed by atoms with Crippen LogP contribution in [0, 0.1) is 17.1 Å². The molecule has 24 heavy (non-hydrogen) atoms. The summed E-state index contributed by atoms with van der Waals surface area (Å²) < 4.78 is 14.8. The van der Waals surface area contributed by atoms with Gasteiger partial charge in [0.05, 0.1) is 23.8 Å². The van der Waals surface area contributed by atoms with Crippen molar-refractivity contribution in [3.63, 3.8) is 0 Å². The molecule has 3 rings (SSSR count). The molecule has 0 amide bonds. The van der Waals surface area contributed by atoms with E-state index in [-0.39, 0.29) is 5.82 Å². The Hall–Kier alpha value is -3.04. The highest BCUT2D eigenvalue weighted by atomic mass is 19.1. The molecule has 0 bridgehead atoms. The third kappa shape index (κ3) is 3.47. The number of halogens is 1. The lowest BCUT2D eigenvalue weighted by Crippen LogP contribution is -2.26. The van der Waals surface area contributed by atoms with Crippen LogP contribution in [0.15, 0.2) is 61.2 Å². The first-order valence-electron chi connectivity index (χ1n) is 7.44. The maximum absolute atomic E-state index is 13.0. The molecule has 5 nitrogen and oxygen atoms in total. The minimum absolute atomic E-state index is 0.310. The number of hydrogen-bond donors (Lipinski definition) is 1. The number of hydrogen-bond acceptors (Lipinski definition) is 4. The molecule has 0 radical (unpaired) electrons. The lowest BCUT2D eigenvalue weighted by Gasteiger charge is -2.24. The summed E-state index contributed by atoms with van der Waals surface area (Å²) in [7, 11) is 0. The molecule has 2 aromatic carbocycles. The second-order valence-corrected chi connectivity index (χ2v) is 5.49. The van der Waals surface area contributed by atoms with Gasteiger partial charge in [0.1, 0.15) is 18.5 Å². The Morgan fingerprint density at radius 1 is 1.04 bits per heavy atom. The Kier molecular flexibility index (Phi) is 4.64. The van der Waals surface area contributed by atoms with Crippen molar-refractivity contribution in [2.45, 2.75) is 18.6 Å². The van der Waals surface area contributed by atoms with Crippen molar-refractivity contribution in [3.05, 3.63) is 83.7 Å². The second kappa shape index (κ2) is 7.02.